The van der Waals surface area contributed by atoms with Crippen LogP contribution < -0.4 is 15.4 Å². The average Bonchev–Trinajstić information content (AvgIpc) is 2.64. The van der Waals surface area contributed by atoms with Gasteiger partial charge >= 0.3 is 0 Å². The van der Waals surface area contributed by atoms with Crippen LogP contribution in [0.2, 0.25) is 10.0 Å². The van der Waals surface area contributed by atoms with Gasteiger partial charge in [0.2, 0.25) is 11.8 Å². The van der Waals surface area contributed by atoms with E-state index in [2.05, 4.69) is 10.6 Å². The molecule has 0 fully saturated rings. The number of halogens is 2. The lowest BCUT2D eigenvalue weighted by Crippen LogP contribution is -2.43. The van der Waals surface area contributed by atoms with E-state index in [1.54, 1.807) is 68.4 Å². The third-order valence-corrected chi connectivity index (χ3v) is 4.71. The number of rotatable bonds is 7. The Morgan fingerprint density at radius 1 is 1.07 bits per heavy atom. The van der Waals surface area contributed by atoms with E-state index in [9.17, 15) is 9.59 Å². The van der Waals surface area contributed by atoms with E-state index in [1.165, 1.54) is 0 Å². The van der Waals surface area contributed by atoms with Crippen LogP contribution in [0.3, 0.4) is 0 Å². The number of ether oxygens (including phenoxy) is 1. The molecule has 0 saturated heterocycles. The summed E-state index contributed by atoms with van der Waals surface area (Å²) in [4.78, 5) is 26.3. The van der Waals surface area contributed by atoms with Crippen LogP contribution in [0.5, 0.6) is 5.75 Å². The van der Waals surface area contributed by atoms with E-state index in [0.29, 0.717) is 27.2 Å². The molecule has 0 aromatic heterocycles. The molecule has 0 spiro atoms. The molecule has 1 atom stereocenters. The van der Waals surface area contributed by atoms with Crippen molar-refractivity contribution < 1.29 is 14.3 Å². The first-order chi connectivity index (χ1) is 12.8. The van der Waals surface area contributed by atoms with Crippen LogP contribution in [0.15, 0.2) is 42.5 Å². The molecule has 0 unspecified atom stereocenters. The van der Waals surface area contributed by atoms with Crippen LogP contribution in [0.25, 0.3) is 0 Å². The second-order valence-corrected chi connectivity index (χ2v) is 6.80. The van der Waals surface area contributed by atoms with Gasteiger partial charge in [0.05, 0.1) is 29.7 Å². The van der Waals surface area contributed by atoms with Gasteiger partial charge in [-0.05, 0) is 44.3 Å². The normalized spacial score (nSPS) is 11.8. The van der Waals surface area contributed by atoms with Crippen LogP contribution in [0.4, 0.5) is 11.4 Å². The van der Waals surface area contributed by atoms with E-state index in [-0.39, 0.29) is 18.4 Å². The van der Waals surface area contributed by atoms with Crippen molar-refractivity contribution in [3.05, 3.63) is 52.5 Å². The molecule has 2 amide bonds. The predicted octanol–water partition coefficient (Wildman–Crippen LogP) is 3.90. The number of likely N-dealkylation sites (N-methyl/N-ethyl adjacent to an activating group) is 1. The van der Waals surface area contributed by atoms with E-state index < -0.39 is 6.04 Å². The first-order valence-electron chi connectivity index (χ1n) is 8.20. The van der Waals surface area contributed by atoms with Crippen molar-refractivity contribution in [2.75, 3.05) is 31.3 Å². The lowest BCUT2D eigenvalue weighted by atomic mass is 10.2. The summed E-state index contributed by atoms with van der Waals surface area (Å²) in [6.45, 7) is 1.76. The Kier molecular flexibility index (Phi) is 7.47. The third kappa shape index (κ3) is 6.13. The van der Waals surface area contributed by atoms with Crippen LogP contribution in [-0.2, 0) is 9.59 Å². The Morgan fingerprint density at radius 2 is 1.78 bits per heavy atom. The summed E-state index contributed by atoms with van der Waals surface area (Å²) in [6.07, 6.45) is 0. The van der Waals surface area contributed by atoms with Crippen LogP contribution >= 0.6 is 23.2 Å². The maximum absolute atomic E-state index is 12.4. The molecule has 2 aromatic carbocycles. The van der Waals surface area contributed by atoms with Gasteiger partial charge in [-0.3, -0.25) is 14.5 Å². The molecule has 0 bridgehead atoms. The van der Waals surface area contributed by atoms with Crippen molar-refractivity contribution in [2.45, 2.75) is 13.0 Å². The van der Waals surface area contributed by atoms with E-state index in [0.717, 1.165) is 0 Å². The summed E-state index contributed by atoms with van der Waals surface area (Å²) in [5.41, 5.74) is 1.16. The van der Waals surface area contributed by atoms with Crippen molar-refractivity contribution in [1.82, 2.24) is 4.90 Å². The Morgan fingerprint density at radius 3 is 2.44 bits per heavy atom. The number of anilines is 2. The van der Waals surface area contributed by atoms with Crippen molar-refractivity contribution in [1.29, 1.82) is 0 Å². The Labute approximate surface area is 168 Å². The highest BCUT2D eigenvalue weighted by Crippen LogP contribution is 2.25. The largest absolute Gasteiger partial charge is 0.497 e. The number of nitrogens with zero attached hydrogens (tertiary/aromatic N) is 1. The Bertz CT molecular complexity index is 830. The van der Waals surface area contributed by atoms with Crippen LogP contribution in [0.1, 0.15) is 6.92 Å². The Balaban J connectivity index is 1.91. The second kappa shape index (κ2) is 9.60. The summed E-state index contributed by atoms with van der Waals surface area (Å²) >= 11 is 11.8. The molecule has 0 aliphatic rings. The fourth-order valence-electron chi connectivity index (χ4n) is 2.29. The Hall–Kier alpha value is -2.28. The second-order valence-electron chi connectivity index (χ2n) is 5.99. The van der Waals surface area contributed by atoms with Gasteiger partial charge in [0.25, 0.3) is 0 Å². The molecule has 0 aliphatic carbocycles. The van der Waals surface area contributed by atoms with E-state index in [1.807, 2.05) is 0 Å². The zero-order valence-corrected chi connectivity index (χ0v) is 16.8. The van der Waals surface area contributed by atoms with Gasteiger partial charge in [-0.2, -0.15) is 0 Å². The highest BCUT2D eigenvalue weighted by atomic mass is 35.5. The minimum atomic E-state index is -0.518. The highest BCUT2D eigenvalue weighted by Gasteiger charge is 2.20. The molecular formula is C19H21Cl2N3O3. The number of benzene rings is 2. The number of methoxy groups -OCH3 is 1. The molecule has 0 aliphatic heterocycles. The summed E-state index contributed by atoms with van der Waals surface area (Å²) in [5, 5.41) is 6.30. The van der Waals surface area contributed by atoms with Gasteiger partial charge < -0.3 is 15.4 Å². The predicted molar refractivity (Wildman–Crippen MR) is 109 cm³/mol. The zero-order chi connectivity index (χ0) is 20.0. The molecule has 0 heterocycles. The van der Waals surface area contributed by atoms with Gasteiger partial charge in [0.15, 0.2) is 0 Å². The summed E-state index contributed by atoms with van der Waals surface area (Å²) in [7, 11) is 3.26. The quantitative estimate of drug-likeness (QED) is 0.727. The van der Waals surface area contributed by atoms with Crippen LogP contribution in [0, 0.1) is 0 Å². The molecule has 0 radical (unpaired) electrons. The molecule has 144 valence electrons. The van der Waals surface area contributed by atoms with Gasteiger partial charge in [-0.15, -0.1) is 0 Å². The van der Waals surface area contributed by atoms with Crippen molar-refractivity contribution >= 4 is 46.4 Å². The van der Waals surface area contributed by atoms with Gasteiger partial charge in [0.1, 0.15) is 5.75 Å². The number of amides is 2. The number of hydrogen-bond donors (Lipinski definition) is 2. The summed E-state index contributed by atoms with van der Waals surface area (Å²) in [6, 6.07) is 11.4. The fourth-order valence-corrected chi connectivity index (χ4v) is 2.58. The summed E-state index contributed by atoms with van der Waals surface area (Å²) < 4.78 is 5.14. The standard InChI is InChI=1S/C19H21Cl2N3O3/c1-12(19(26)23-13-5-4-6-15(9-13)27-3)24(2)11-18(25)22-14-7-8-16(20)17(21)10-14/h4-10,12H,11H2,1-3H3,(H,22,25)(H,23,26)/t12-/m1/s1. The lowest BCUT2D eigenvalue weighted by Gasteiger charge is -2.23. The molecule has 2 rings (SSSR count). The minimum Gasteiger partial charge on any atom is -0.497 e. The first-order valence-corrected chi connectivity index (χ1v) is 8.96. The monoisotopic (exact) mass is 409 g/mol. The van der Waals surface area contributed by atoms with Gasteiger partial charge in [-0.25, -0.2) is 0 Å². The zero-order valence-electron chi connectivity index (χ0n) is 15.3. The highest BCUT2D eigenvalue weighted by molar-refractivity contribution is 6.42. The number of nitrogens with one attached hydrogen (secondary N) is 2. The van der Waals surface area contributed by atoms with E-state index >= 15 is 0 Å². The average molecular weight is 410 g/mol. The molecule has 2 aromatic rings. The van der Waals surface area contributed by atoms with Crippen LogP contribution in [-0.4, -0.2) is 43.5 Å². The van der Waals surface area contributed by atoms with Crippen molar-refractivity contribution in [3.8, 4) is 5.75 Å². The first kappa shape index (κ1) is 21.0. The molecular weight excluding hydrogens is 389 g/mol. The SMILES string of the molecule is COc1cccc(NC(=O)[C@@H](C)N(C)CC(=O)Nc2ccc(Cl)c(Cl)c2)c1. The molecule has 0 saturated carbocycles. The molecule has 6 nitrogen and oxygen atoms in total. The van der Waals surface area contributed by atoms with Crippen molar-refractivity contribution in [3.63, 3.8) is 0 Å². The summed E-state index contributed by atoms with van der Waals surface area (Å²) in [5.74, 6) is 0.153. The molecule has 2 N–H and O–H groups in total. The van der Waals surface area contributed by atoms with E-state index in [4.69, 9.17) is 27.9 Å². The number of carbonyl (C=O) groups excluding carboxylic acids is 2. The van der Waals surface area contributed by atoms with Crippen molar-refractivity contribution in [2.24, 2.45) is 0 Å². The topological polar surface area (TPSA) is 70.7 Å². The maximum Gasteiger partial charge on any atom is 0.241 e. The fraction of sp³-hybridized carbons (Fsp3) is 0.263. The van der Waals surface area contributed by atoms with Gasteiger partial charge in [-0.1, -0.05) is 29.3 Å². The minimum absolute atomic E-state index is 0.0347. The third-order valence-electron chi connectivity index (χ3n) is 3.97. The smallest absolute Gasteiger partial charge is 0.241 e. The number of carbonyl (C=O) groups is 2. The number of hydrogen-bond acceptors (Lipinski definition) is 4. The molecule has 27 heavy (non-hydrogen) atoms. The molecule has 8 heteroatoms. The van der Waals surface area contributed by atoms with Gasteiger partial charge in [0, 0.05) is 17.4 Å². The lowest BCUT2D eigenvalue weighted by molar-refractivity contribution is -0.122. The maximum atomic E-state index is 12.4.